The van der Waals surface area contributed by atoms with Crippen molar-refractivity contribution in [2.75, 3.05) is 5.73 Å². The number of nitrogens with two attached hydrogens (primary N) is 3. The summed E-state index contributed by atoms with van der Waals surface area (Å²) in [4.78, 5) is 30.8. The molecule has 0 spiro atoms. The number of halogens is 1. The number of carbonyl (C=O) groups is 2. The molecule has 126 valence electrons. The summed E-state index contributed by atoms with van der Waals surface area (Å²) in [6.45, 7) is 0. The fourth-order valence-electron chi connectivity index (χ4n) is 1.60. The van der Waals surface area contributed by atoms with E-state index in [-0.39, 0.29) is 29.5 Å². The summed E-state index contributed by atoms with van der Waals surface area (Å²) in [6.07, 6.45) is 2.38. The van der Waals surface area contributed by atoms with E-state index >= 15 is 0 Å². The van der Waals surface area contributed by atoms with Gasteiger partial charge in [0.1, 0.15) is 11.9 Å². The van der Waals surface area contributed by atoms with Crippen molar-refractivity contribution < 1.29 is 14.5 Å². The molecule has 2 rings (SSSR count). The first kappa shape index (κ1) is 19.9. The Hall–Kier alpha value is -3.15. The Morgan fingerprint density at radius 1 is 1.09 bits per heavy atom. The standard InChI is InChI=1S/C5H6N4O3.C5H8N4O.ClH/c1-8-4(5(6)10)3(2-7-8)9(11)12;1-9-4(5(7)10)3(6)2-8-9;/h2H,1H3,(H2,6,10);2H,6H2,1H3,(H2,7,10);1H. The highest BCUT2D eigenvalue weighted by molar-refractivity contribution is 5.96. The van der Waals surface area contributed by atoms with Gasteiger partial charge in [0.05, 0.1) is 16.8 Å². The first-order chi connectivity index (χ1) is 10.2. The van der Waals surface area contributed by atoms with E-state index in [1.54, 1.807) is 7.05 Å². The maximum Gasteiger partial charge on any atom is 0.320 e. The Morgan fingerprint density at radius 2 is 1.52 bits per heavy atom. The average Bonchev–Trinajstić information content (AvgIpc) is 2.93. The highest BCUT2D eigenvalue weighted by Gasteiger charge is 2.22. The van der Waals surface area contributed by atoms with Crippen molar-refractivity contribution in [3.05, 3.63) is 33.9 Å². The van der Waals surface area contributed by atoms with E-state index in [2.05, 4.69) is 10.2 Å². The van der Waals surface area contributed by atoms with Gasteiger partial charge in [-0.3, -0.25) is 29.1 Å². The van der Waals surface area contributed by atoms with Gasteiger partial charge in [-0.2, -0.15) is 10.2 Å². The first-order valence-corrected chi connectivity index (χ1v) is 5.70. The van der Waals surface area contributed by atoms with Crippen LogP contribution in [0, 0.1) is 10.1 Å². The summed E-state index contributed by atoms with van der Waals surface area (Å²) < 4.78 is 2.41. The molecule has 0 saturated carbocycles. The lowest BCUT2D eigenvalue weighted by atomic mass is 10.3. The Labute approximate surface area is 135 Å². The molecule has 2 aromatic heterocycles. The van der Waals surface area contributed by atoms with Crippen LogP contribution in [0.15, 0.2) is 12.4 Å². The molecule has 23 heavy (non-hydrogen) atoms. The number of nitrogen functional groups attached to an aromatic ring is 1. The van der Waals surface area contributed by atoms with Crippen molar-refractivity contribution in [3.8, 4) is 0 Å². The van der Waals surface area contributed by atoms with E-state index < -0.39 is 16.7 Å². The van der Waals surface area contributed by atoms with E-state index in [9.17, 15) is 19.7 Å². The Morgan fingerprint density at radius 3 is 1.78 bits per heavy atom. The minimum Gasteiger partial charge on any atom is -0.396 e. The largest absolute Gasteiger partial charge is 0.396 e. The molecular weight excluding hydrogens is 332 g/mol. The number of aryl methyl sites for hydroxylation is 2. The van der Waals surface area contributed by atoms with Crippen LogP contribution < -0.4 is 17.2 Å². The second kappa shape index (κ2) is 7.74. The van der Waals surface area contributed by atoms with Crippen molar-refractivity contribution in [1.82, 2.24) is 19.6 Å². The van der Waals surface area contributed by atoms with Crippen LogP contribution >= 0.6 is 12.4 Å². The molecule has 0 aliphatic rings. The number of aromatic nitrogens is 4. The van der Waals surface area contributed by atoms with Gasteiger partial charge in [-0.25, -0.2) is 0 Å². The number of nitrogens with zero attached hydrogens (tertiary/aromatic N) is 5. The van der Waals surface area contributed by atoms with Crippen LogP contribution in [-0.2, 0) is 14.1 Å². The number of hydrogen-bond acceptors (Lipinski definition) is 7. The van der Waals surface area contributed by atoms with E-state index in [1.165, 1.54) is 17.9 Å². The van der Waals surface area contributed by atoms with Crippen LogP contribution in [0.3, 0.4) is 0 Å². The predicted molar refractivity (Wildman–Crippen MR) is 81.8 cm³/mol. The lowest BCUT2D eigenvalue weighted by Crippen LogP contribution is -2.17. The fourth-order valence-corrected chi connectivity index (χ4v) is 1.60. The van der Waals surface area contributed by atoms with Crippen LogP contribution in [-0.4, -0.2) is 36.3 Å². The van der Waals surface area contributed by atoms with Crippen molar-refractivity contribution in [2.24, 2.45) is 25.6 Å². The van der Waals surface area contributed by atoms with Crippen molar-refractivity contribution in [2.45, 2.75) is 0 Å². The molecule has 2 amide bonds. The van der Waals surface area contributed by atoms with Gasteiger partial charge in [0.2, 0.25) is 5.69 Å². The van der Waals surface area contributed by atoms with Crippen molar-refractivity contribution >= 4 is 35.6 Å². The number of nitro groups is 1. The molecule has 2 heterocycles. The molecule has 0 aliphatic carbocycles. The van der Waals surface area contributed by atoms with Crippen LogP contribution in [0.2, 0.25) is 0 Å². The topological polar surface area (TPSA) is 191 Å². The second-order valence-corrected chi connectivity index (χ2v) is 4.06. The van der Waals surface area contributed by atoms with Crippen LogP contribution in [0.1, 0.15) is 21.0 Å². The molecule has 0 fully saturated rings. The van der Waals surface area contributed by atoms with Gasteiger partial charge in [0, 0.05) is 14.1 Å². The number of hydrogen-bond donors (Lipinski definition) is 3. The van der Waals surface area contributed by atoms with Gasteiger partial charge in [-0.15, -0.1) is 12.4 Å². The van der Waals surface area contributed by atoms with Crippen molar-refractivity contribution in [1.29, 1.82) is 0 Å². The number of amides is 2. The van der Waals surface area contributed by atoms with Gasteiger partial charge in [-0.05, 0) is 0 Å². The monoisotopic (exact) mass is 346 g/mol. The Bertz CT molecular complexity index is 718. The van der Waals surface area contributed by atoms with Gasteiger partial charge in [0.15, 0.2) is 0 Å². The van der Waals surface area contributed by atoms with Crippen LogP contribution in [0.25, 0.3) is 0 Å². The quantitative estimate of drug-likeness (QED) is 0.466. The zero-order valence-electron chi connectivity index (χ0n) is 12.2. The van der Waals surface area contributed by atoms with Crippen molar-refractivity contribution in [3.63, 3.8) is 0 Å². The Balaban J connectivity index is 0.000000409. The minimum atomic E-state index is -0.860. The minimum absolute atomic E-state index is 0. The summed E-state index contributed by atoms with van der Waals surface area (Å²) in [7, 11) is 3.02. The molecule has 12 nitrogen and oxygen atoms in total. The molecule has 0 radical (unpaired) electrons. The maximum atomic E-state index is 10.7. The third-order valence-corrected chi connectivity index (χ3v) is 2.55. The number of anilines is 1. The number of primary amides is 2. The van der Waals surface area contributed by atoms with Crippen LogP contribution in [0.5, 0.6) is 0 Å². The molecule has 0 aliphatic heterocycles. The summed E-state index contributed by atoms with van der Waals surface area (Å²) >= 11 is 0. The second-order valence-electron chi connectivity index (χ2n) is 4.06. The molecular formula is C10H15ClN8O4. The third kappa shape index (κ3) is 4.41. The van der Waals surface area contributed by atoms with E-state index in [0.717, 1.165) is 10.9 Å². The Kier molecular flexibility index (Phi) is 6.68. The normalized spacial score (nSPS) is 9.30. The summed E-state index contributed by atoms with van der Waals surface area (Å²) in [5.41, 5.74) is 15.2. The van der Waals surface area contributed by atoms with Crippen LogP contribution in [0.4, 0.5) is 11.4 Å². The predicted octanol–water partition coefficient (Wildman–Crippen LogP) is -1.05. The molecule has 2 aromatic rings. The first-order valence-electron chi connectivity index (χ1n) is 5.70. The fraction of sp³-hybridized carbons (Fsp3) is 0.200. The zero-order valence-corrected chi connectivity index (χ0v) is 13.0. The molecule has 0 bridgehead atoms. The number of carbonyl (C=O) groups excluding carboxylic acids is 2. The molecule has 0 atom stereocenters. The lowest BCUT2D eigenvalue weighted by molar-refractivity contribution is -0.385. The smallest absolute Gasteiger partial charge is 0.320 e. The molecule has 13 heteroatoms. The van der Waals surface area contributed by atoms with Gasteiger partial charge in [-0.1, -0.05) is 0 Å². The maximum absolute atomic E-state index is 10.7. The SMILES string of the molecule is Cl.Cn1ncc(N)c1C(N)=O.Cn1ncc([N+](=O)[O-])c1C(N)=O. The van der Waals surface area contributed by atoms with E-state index in [4.69, 9.17) is 17.2 Å². The molecule has 0 saturated heterocycles. The number of rotatable bonds is 3. The van der Waals surface area contributed by atoms with Gasteiger partial charge >= 0.3 is 5.69 Å². The summed E-state index contributed by atoms with van der Waals surface area (Å²) in [6, 6.07) is 0. The van der Waals surface area contributed by atoms with Gasteiger partial charge < -0.3 is 17.2 Å². The van der Waals surface area contributed by atoms with Gasteiger partial charge in [0.25, 0.3) is 11.8 Å². The molecule has 0 unspecified atom stereocenters. The third-order valence-electron chi connectivity index (χ3n) is 2.55. The summed E-state index contributed by atoms with van der Waals surface area (Å²) in [5, 5.41) is 17.5. The molecule has 6 N–H and O–H groups in total. The highest BCUT2D eigenvalue weighted by Crippen LogP contribution is 2.15. The van der Waals surface area contributed by atoms with E-state index in [1.807, 2.05) is 0 Å². The average molecular weight is 347 g/mol. The zero-order chi connectivity index (χ0) is 17.0. The summed E-state index contributed by atoms with van der Waals surface area (Å²) in [5.74, 6) is -1.42. The lowest BCUT2D eigenvalue weighted by Gasteiger charge is -1.95. The van der Waals surface area contributed by atoms with E-state index in [0.29, 0.717) is 5.69 Å². The highest BCUT2D eigenvalue weighted by atomic mass is 35.5. The molecule has 0 aromatic carbocycles.